The van der Waals surface area contributed by atoms with Crippen molar-refractivity contribution in [3.63, 3.8) is 0 Å². The van der Waals surface area contributed by atoms with Crippen LogP contribution in [0.5, 0.6) is 0 Å². The van der Waals surface area contributed by atoms with Gasteiger partial charge >= 0.3 is 87.7 Å². The molecule has 0 bridgehead atoms. The molecule has 0 radical (unpaired) electrons. The molecule has 0 unspecified atom stereocenters. The first-order valence-corrected chi connectivity index (χ1v) is 9.31. The Morgan fingerprint density at radius 3 is 1.14 bits per heavy atom. The molecule has 14 heavy (non-hydrogen) atoms. The van der Waals surface area contributed by atoms with Crippen LogP contribution in [0.15, 0.2) is 0 Å². The quantitative estimate of drug-likeness (QED) is 0.755. The van der Waals surface area contributed by atoms with Crippen LogP contribution in [0.3, 0.4) is 0 Å². The van der Waals surface area contributed by atoms with Gasteiger partial charge in [-0.3, -0.25) is 0 Å². The summed E-state index contributed by atoms with van der Waals surface area (Å²) in [5.41, 5.74) is 0. The second kappa shape index (κ2) is 5.24. The Bertz CT molecular complexity index is 220. The maximum absolute atomic E-state index is 10.7. The molecule has 0 amide bonds. The van der Waals surface area contributed by atoms with Crippen LogP contribution in [0, 0.1) is 0 Å². The summed E-state index contributed by atoms with van der Waals surface area (Å²) in [4.78, 5) is 32.0. The summed E-state index contributed by atoms with van der Waals surface area (Å²) in [6.07, 6.45) is 0. The predicted molar refractivity (Wildman–Crippen MR) is 41.2 cm³/mol. The van der Waals surface area contributed by atoms with Crippen molar-refractivity contribution in [3.8, 4) is 0 Å². The van der Waals surface area contributed by atoms with E-state index in [0.717, 1.165) is 20.8 Å². The molecule has 0 fully saturated rings. The standard InChI is InChI=1S/3C2H4O2.CH3.Zr/c3*1-2(3)4;;/h3*1H3,(H,3,4);1H3;/q;;;;+3/p-3. The Morgan fingerprint density at radius 2 is 1.00 bits per heavy atom. The van der Waals surface area contributed by atoms with E-state index in [2.05, 4.69) is 0 Å². The maximum atomic E-state index is 10.7. The van der Waals surface area contributed by atoms with Crippen LogP contribution < -0.4 is 0 Å². The van der Waals surface area contributed by atoms with Crippen molar-refractivity contribution in [2.75, 3.05) is 0 Å². The number of carbonyl (C=O) groups is 3. The number of rotatable bonds is 3. The Hall–Kier alpha value is -0.707. The third kappa shape index (κ3) is 5.86. The first-order valence-electron chi connectivity index (χ1n) is 3.84. The van der Waals surface area contributed by atoms with Gasteiger partial charge in [0, 0.05) is 0 Å². The van der Waals surface area contributed by atoms with Gasteiger partial charge in [-0.2, -0.15) is 0 Å². The van der Waals surface area contributed by atoms with Crippen LogP contribution >= 0.6 is 0 Å². The van der Waals surface area contributed by atoms with Crippen molar-refractivity contribution in [3.05, 3.63) is 0 Å². The van der Waals surface area contributed by atoms with E-state index in [-0.39, 0.29) is 0 Å². The van der Waals surface area contributed by atoms with Crippen molar-refractivity contribution in [1.82, 2.24) is 0 Å². The molecule has 0 saturated heterocycles. The van der Waals surface area contributed by atoms with Gasteiger partial charge in [-0.05, 0) is 0 Å². The molecule has 0 aliphatic carbocycles. The van der Waals surface area contributed by atoms with Crippen LogP contribution in [0.1, 0.15) is 20.8 Å². The molecule has 80 valence electrons. The van der Waals surface area contributed by atoms with Gasteiger partial charge in [0.1, 0.15) is 0 Å². The van der Waals surface area contributed by atoms with E-state index >= 15 is 0 Å². The van der Waals surface area contributed by atoms with Gasteiger partial charge in [0.15, 0.2) is 0 Å². The van der Waals surface area contributed by atoms with Gasteiger partial charge in [0.05, 0.1) is 0 Å². The molecule has 0 aromatic carbocycles. The molecule has 0 aromatic rings. The molecular formula is C7H12O6Zr. The molecule has 0 atom stereocenters. The van der Waals surface area contributed by atoms with Gasteiger partial charge in [-0.1, -0.05) is 0 Å². The normalized spacial score (nSPS) is 10.3. The monoisotopic (exact) mass is 282 g/mol. The van der Waals surface area contributed by atoms with Crippen LogP contribution in [0.2, 0.25) is 4.63 Å². The van der Waals surface area contributed by atoms with E-state index in [4.69, 9.17) is 8.44 Å². The van der Waals surface area contributed by atoms with E-state index in [1.807, 2.05) is 0 Å². The fourth-order valence-corrected chi connectivity index (χ4v) is 5.00. The number of hydrogen-bond donors (Lipinski definition) is 0. The minimum atomic E-state index is -4.26. The third-order valence-electron chi connectivity index (χ3n) is 0.987. The number of hydrogen-bond acceptors (Lipinski definition) is 6. The summed E-state index contributed by atoms with van der Waals surface area (Å²) in [7, 11) is 0. The molecule has 6 nitrogen and oxygen atoms in total. The van der Waals surface area contributed by atoms with Gasteiger partial charge in [0.25, 0.3) is 0 Å². The van der Waals surface area contributed by atoms with Gasteiger partial charge in [-0.25, -0.2) is 0 Å². The summed E-state index contributed by atoms with van der Waals surface area (Å²) >= 11 is -4.26. The topological polar surface area (TPSA) is 78.9 Å². The molecule has 0 saturated carbocycles. The molecule has 0 aliphatic heterocycles. The van der Waals surface area contributed by atoms with Crippen molar-refractivity contribution in [1.29, 1.82) is 0 Å². The summed E-state index contributed by atoms with van der Waals surface area (Å²) in [6, 6.07) is 0. The zero-order valence-electron chi connectivity index (χ0n) is 8.45. The van der Waals surface area contributed by atoms with E-state index in [9.17, 15) is 14.4 Å². The average molecular weight is 283 g/mol. The van der Waals surface area contributed by atoms with Crippen LogP contribution in [-0.4, -0.2) is 17.9 Å². The fourth-order valence-electron chi connectivity index (χ4n) is 0.846. The molecule has 0 heterocycles. The van der Waals surface area contributed by atoms with Crippen molar-refractivity contribution in [2.24, 2.45) is 0 Å². The molecule has 0 N–H and O–H groups in total. The first-order chi connectivity index (χ1) is 6.25. The summed E-state index contributed by atoms with van der Waals surface area (Å²) in [6.45, 7) is 3.46. The summed E-state index contributed by atoms with van der Waals surface area (Å²) in [5.74, 6) is -1.90. The zero-order valence-corrected chi connectivity index (χ0v) is 10.9. The molecule has 0 rings (SSSR count). The van der Waals surface area contributed by atoms with Crippen molar-refractivity contribution < 1.29 is 44.4 Å². The Morgan fingerprint density at radius 1 is 0.786 bits per heavy atom. The fraction of sp³-hybridized carbons (Fsp3) is 0.571. The average Bonchev–Trinajstić information content (AvgIpc) is 1.76. The van der Waals surface area contributed by atoms with Gasteiger partial charge < -0.3 is 0 Å². The van der Waals surface area contributed by atoms with E-state index in [1.54, 1.807) is 0 Å². The van der Waals surface area contributed by atoms with Gasteiger partial charge in [-0.15, -0.1) is 0 Å². The Labute approximate surface area is 87.8 Å². The third-order valence-corrected chi connectivity index (χ3v) is 5.84. The molecular weight excluding hydrogens is 271 g/mol. The van der Waals surface area contributed by atoms with E-state index in [1.165, 1.54) is 4.63 Å². The van der Waals surface area contributed by atoms with Gasteiger partial charge in [0.2, 0.25) is 0 Å². The first kappa shape index (κ1) is 13.3. The summed E-state index contributed by atoms with van der Waals surface area (Å²) < 4.78 is 15.6. The van der Waals surface area contributed by atoms with Crippen molar-refractivity contribution >= 4 is 17.9 Å². The van der Waals surface area contributed by atoms with Crippen LogP contribution in [0.25, 0.3) is 0 Å². The predicted octanol–water partition coefficient (Wildman–Crippen LogP) is 0.623. The number of carbonyl (C=O) groups excluding carboxylic acids is 3. The molecule has 0 spiro atoms. The minimum absolute atomic E-state index is 0.634. The molecule has 0 aliphatic rings. The SMILES string of the molecule is CC(=O)[O][Zr]([CH3])([O]C(C)=O)[O]C(C)=O. The zero-order chi connectivity index (χ0) is 11.4. The van der Waals surface area contributed by atoms with E-state index in [0.29, 0.717) is 0 Å². The van der Waals surface area contributed by atoms with Crippen molar-refractivity contribution in [2.45, 2.75) is 25.4 Å². The van der Waals surface area contributed by atoms with Crippen LogP contribution in [0.4, 0.5) is 0 Å². The van der Waals surface area contributed by atoms with Crippen LogP contribution in [-0.2, 0) is 44.4 Å². The molecule has 7 heteroatoms. The molecule has 0 aromatic heterocycles. The second-order valence-corrected chi connectivity index (χ2v) is 8.39. The second-order valence-electron chi connectivity index (χ2n) is 2.64. The van der Waals surface area contributed by atoms with E-state index < -0.39 is 39.5 Å². The summed E-state index contributed by atoms with van der Waals surface area (Å²) in [5, 5.41) is 0. The Balaban J connectivity index is 4.56. The Kier molecular flexibility index (Phi) is 4.98.